The van der Waals surface area contributed by atoms with Crippen LogP contribution in [0.1, 0.15) is 0 Å². The lowest BCUT2D eigenvalue weighted by molar-refractivity contribution is 1.32. The van der Waals surface area contributed by atoms with Crippen LogP contribution in [0.2, 0.25) is 0 Å². The molecule has 0 amide bonds. The van der Waals surface area contributed by atoms with Crippen LogP contribution in [0.5, 0.6) is 0 Å². The highest BCUT2D eigenvalue weighted by Crippen LogP contribution is 2.29. The molecule has 0 aliphatic rings. The summed E-state index contributed by atoms with van der Waals surface area (Å²) in [5.41, 5.74) is 7.56. The first-order valence-electron chi connectivity index (χ1n) is 4.48. The van der Waals surface area contributed by atoms with Gasteiger partial charge in [0, 0.05) is 28.7 Å². The van der Waals surface area contributed by atoms with E-state index in [0.29, 0.717) is 5.82 Å². The number of hydrogen-bond acceptors (Lipinski definition) is 4. The molecule has 0 aliphatic carbocycles. The first-order valence-corrected chi connectivity index (χ1v) is 5.36. The van der Waals surface area contributed by atoms with E-state index in [1.165, 1.54) is 0 Å². The third kappa shape index (κ3) is 1.28. The van der Waals surface area contributed by atoms with Gasteiger partial charge in [0.15, 0.2) is 0 Å². The summed E-state index contributed by atoms with van der Waals surface area (Å²) in [7, 11) is 0. The normalized spacial score (nSPS) is 10.9. The first kappa shape index (κ1) is 8.43. The Morgan fingerprint density at radius 2 is 2.27 bits per heavy atom. The van der Waals surface area contributed by atoms with Gasteiger partial charge >= 0.3 is 0 Å². The minimum Gasteiger partial charge on any atom is -0.383 e. The van der Waals surface area contributed by atoms with Gasteiger partial charge in [0.1, 0.15) is 16.5 Å². The number of aromatic amines is 1. The molecule has 3 aromatic rings. The van der Waals surface area contributed by atoms with Crippen molar-refractivity contribution < 1.29 is 0 Å². The van der Waals surface area contributed by atoms with E-state index < -0.39 is 0 Å². The molecule has 0 fully saturated rings. The molecule has 15 heavy (non-hydrogen) atoms. The Morgan fingerprint density at radius 3 is 3.07 bits per heavy atom. The SMILES string of the molecule is Nc1csc(-c2ccnc3[nH]ccc23)n1. The molecule has 3 heterocycles. The first-order chi connectivity index (χ1) is 7.34. The number of nitrogens with one attached hydrogen (secondary N) is 1. The van der Waals surface area contributed by atoms with Crippen LogP contribution < -0.4 is 5.73 Å². The summed E-state index contributed by atoms with van der Waals surface area (Å²) >= 11 is 1.54. The zero-order chi connectivity index (χ0) is 10.3. The Hall–Kier alpha value is -1.88. The molecular formula is C10H8N4S. The Bertz CT molecular complexity index is 610. The molecule has 0 unspecified atom stereocenters. The minimum absolute atomic E-state index is 0.565. The van der Waals surface area contributed by atoms with Gasteiger partial charge in [-0.05, 0) is 12.1 Å². The van der Waals surface area contributed by atoms with Gasteiger partial charge in [-0.15, -0.1) is 11.3 Å². The second-order valence-electron chi connectivity index (χ2n) is 3.18. The monoisotopic (exact) mass is 216 g/mol. The summed E-state index contributed by atoms with van der Waals surface area (Å²) in [6.07, 6.45) is 3.64. The van der Waals surface area contributed by atoms with Gasteiger partial charge in [0.2, 0.25) is 0 Å². The van der Waals surface area contributed by atoms with Crippen LogP contribution in [-0.2, 0) is 0 Å². The molecule has 0 bridgehead atoms. The Kier molecular flexibility index (Phi) is 1.72. The topological polar surface area (TPSA) is 67.6 Å². The van der Waals surface area contributed by atoms with Crippen LogP contribution in [-0.4, -0.2) is 15.0 Å². The maximum atomic E-state index is 5.61. The highest BCUT2D eigenvalue weighted by Gasteiger charge is 2.08. The van der Waals surface area contributed by atoms with E-state index in [2.05, 4.69) is 15.0 Å². The van der Waals surface area contributed by atoms with Gasteiger partial charge in [0.05, 0.1) is 0 Å². The van der Waals surface area contributed by atoms with Gasteiger partial charge in [-0.1, -0.05) is 0 Å². The summed E-state index contributed by atoms with van der Waals surface area (Å²) in [5.74, 6) is 0.565. The van der Waals surface area contributed by atoms with E-state index >= 15 is 0 Å². The number of H-pyrrole nitrogens is 1. The van der Waals surface area contributed by atoms with Crippen molar-refractivity contribution in [1.29, 1.82) is 0 Å². The van der Waals surface area contributed by atoms with Crippen molar-refractivity contribution in [2.24, 2.45) is 0 Å². The molecule has 0 saturated heterocycles. The highest BCUT2D eigenvalue weighted by atomic mass is 32.1. The van der Waals surface area contributed by atoms with E-state index in [9.17, 15) is 0 Å². The number of anilines is 1. The predicted molar refractivity (Wildman–Crippen MR) is 61.6 cm³/mol. The van der Waals surface area contributed by atoms with Crippen molar-refractivity contribution in [3.63, 3.8) is 0 Å². The second kappa shape index (κ2) is 3.06. The molecule has 3 aromatic heterocycles. The van der Waals surface area contributed by atoms with Crippen molar-refractivity contribution in [3.8, 4) is 10.6 Å². The van der Waals surface area contributed by atoms with E-state index in [1.807, 2.05) is 23.7 Å². The van der Waals surface area contributed by atoms with E-state index in [0.717, 1.165) is 21.6 Å². The number of nitrogens with zero attached hydrogens (tertiary/aromatic N) is 2. The Morgan fingerprint density at radius 1 is 1.33 bits per heavy atom. The number of pyridine rings is 1. The highest BCUT2D eigenvalue weighted by molar-refractivity contribution is 7.13. The van der Waals surface area contributed by atoms with E-state index in [-0.39, 0.29) is 0 Å². The number of thiazole rings is 1. The van der Waals surface area contributed by atoms with Gasteiger partial charge < -0.3 is 10.7 Å². The molecule has 3 N–H and O–H groups in total. The van der Waals surface area contributed by atoms with E-state index in [1.54, 1.807) is 17.5 Å². The predicted octanol–water partition coefficient (Wildman–Crippen LogP) is 2.27. The fraction of sp³-hybridized carbons (Fsp3) is 0. The largest absolute Gasteiger partial charge is 0.383 e. The zero-order valence-corrected chi connectivity index (χ0v) is 8.58. The average molecular weight is 216 g/mol. The molecule has 0 aliphatic heterocycles. The Balaban J connectivity index is 2.30. The molecule has 0 spiro atoms. The fourth-order valence-corrected chi connectivity index (χ4v) is 2.31. The lowest BCUT2D eigenvalue weighted by Crippen LogP contribution is -1.84. The van der Waals surface area contributed by atoms with Crippen LogP contribution in [0.3, 0.4) is 0 Å². The number of nitrogens with two attached hydrogens (primary N) is 1. The number of rotatable bonds is 1. The second-order valence-corrected chi connectivity index (χ2v) is 4.03. The summed E-state index contributed by atoms with van der Waals surface area (Å²) in [5, 5.41) is 3.85. The molecule has 3 rings (SSSR count). The molecule has 0 saturated carbocycles. The quantitative estimate of drug-likeness (QED) is 0.655. The van der Waals surface area contributed by atoms with Crippen LogP contribution in [0.25, 0.3) is 21.6 Å². The third-order valence-electron chi connectivity index (χ3n) is 2.21. The van der Waals surface area contributed by atoms with Crippen molar-refractivity contribution in [2.45, 2.75) is 0 Å². The molecule has 4 nitrogen and oxygen atoms in total. The van der Waals surface area contributed by atoms with Gasteiger partial charge in [0.25, 0.3) is 0 Å². The number of fused-ring (bicyclic) bond motifs is 1. The summed E-state index contributed by atoms with van der Waals surface area (Å²) in [6, 6.07) is 3.95. The molecule has 0 atom stereocenters. The van der Waals surface area contributed by atoms with Gasteiger partial charge in [-0.2, -0.15) is 0 Å². The fourth-order valence-electron chi connectivity index (χ4n) is 1.56. The molecule has 0 radical (unpaired) electrons. The number of hydrogen-bond donors (Lipinski definition) is 2. The summed E-state index contributed by atoms with van der Waals surface area (Å²) in [4.78, 5) is 11.6. The Labute approximate surface area is 89.8 Å². The van der Waals surface area contributed by atoms with Crippen LogP contribution >= 0.6 is 11.3 Å². The maximum absolute atomic E-state index is 5.61. The summed E-state index contributed by atoms with van der Waals surface area (Å²) in [6.45, 7) is 0. The van der Waals surface area contributed by atoms with Gasteiger partial charge in [-0.25, -0.2) is 9.97 Å². The van der Waals surface area contributed by atoms with Crippen molar-refractivity contribution in [2.75, 3.05) is 5.73 Å². The average Bonchev–Trinajstić information content (AvgIpc) is 2.84. The van der Waals surface area contributed by atoms with Crippen LogP contribution in [0.15, 0.2) is 29.9 Å². The van der Waals surface area contributed by atoms with Crippen LogP contribution in [0, 0.1) is 0 Å². The lowest BCUT2D eigenvalue weighted by Gasteiger charge is -1.97. The third-order valence-corrected chi connectivity index (χ3v) is 3.11. The minimum atomic E-state index is 0.565. The van der Waals surface area contributed by atoms with Crippen molar-refractivity contribution in [1.82, 2.24) is 15.0 Å². The smallest absolute Gasteiger partial charge is 0.137 e. The van der Waals surface area contributed by atoms with Crippen molar-refractivity contribution in [3.05, 3.63) is 29.9 Å². The standard InChI is InChI=1S/C10H8N4S/c11-8-5-15-10(14-8)7-2-4-13-9-6(7)1-3-12-9/h1-5H,11H2,(H,12,13). The molecule has 0 aromatic carbocycles. The summed E-state index contributed by atoms with van der Waals surface area (Å²) < 4.78 is 0. The number of aromatic nitrogens is 3. The van der Waals surface area contributed by atoms with E-state index in [4.69, 9.17) is 5.73 Å². The maximum Gasteiger partial charge on any atom is 0.137 e. The van der Waals surface area contributed by atoms with Crippen LogP contribution in [0.4, 0.5) is 5.82 Å². The number of nitrogen functional groups attached to an aromatic ring is 1. The zero-order valence-electron chi connectivity index (χ0n) is 7.77. The van der Waals surface area contributed by atoms with Gasteiger partial charge in [-0.3, -0.25) is 0 Å². The molecule has 5 heteroatoms. The molecule has 74 valence electrons. The molecular weight excluding hydrogens is 208 g/mol. The lowest BCUT2D eigenvalue weighted by atomic mass is 10.2. The van der Waals surface area contributed by atoms with Crippen molar-refractivity contribution >= 4 is 28.2 Å².